The molecule has 0 unspecified atom stereocenters. The van der Waals surface area contributed by atoms with Crippen molar-refractivity contribution in [3.63, 3.8) is 0 Å². The third-order valence-corrected chi connectivity index (χ3v) is 2.93. The number of ether oxygens (including phenoxy) is 2. The fraction of sp³-hybridized carbons (Fsp3) is 0.286. The van der Waals surface area contributed by atoms with E-state index in [9.17, 15) is 5.11 Å². The van der Waals surface area contributed by atoms with E-state index in [1.165, 1.54) is 10.8 Å². The zero-order valence-corrected chi connectivity index (χ0v) is 9.37. The van der Waals surface area contributed by atoms with E-state index in [0.717, 1.165) is 5.56 Å². The van der Waals surface area contributed by atoms with Crippen LogP contribution in [0.1, 0.15) is 11.9 Å². The Morgan fingerprint density at radius 2 is 1.65 bits per heavy atom. The molecule has 3 heteroatoms. The second-order valence-corrected chi connectivity index (χ2v) is 4.26. The maximum Gasteiger partial charge on any atom is 0.184 e. The van der Waals surface area contributed by atoms with Gasteiger partial charge in [-0.25, -0.2) is 0 Å². The highest BCUT2D eigenvalue weighted by molar-refractivity contribution is 5.83. The van der Waals surface area contributed by atoms with E-state index in [-0.39, 0.29) is 6.29 Å². The largest absolute Gasteiger partial charge is 0.388 e. The van der Waals surface area contributed by atoms with Gasteiger partial charge in [0.2, 0.25) is 0 Å². The second kappa shape index (κ2) is 4.45. The van der Waals surface area contributed by atoms with E-state index in [4.69, 9.17) is 9.47 Å². The fourth-order valence-electron chi connectivity index (χ4n) is 2.04. The van der Waals surface area contributed by atoms with E-state index in [1.807, 2.05) is 18.2 Å². The topological polar surface area (TPSA) is 38.7 Å². The van der Waals surface area contributed by atoms with E-state index < -0.39 is 6.10 Å². The molecular formula is C14H14O3. The molecule has 0 aromatic heterocycles. The minimum absolute atomic E-state index is 0.331. The second-order valence-electron chi connectivity index (χ2n) is 4.26. The third kappa shape index (κ3) is 2.17. The van der Waals surface area contributed by atoms with E-state index in [2.05, 4.69) is 24.3 Å². The van der Waals surface area contributed by atoms with Crippen molar-refractivity contribution in [1.82, 2.24) is 0 Å². The fourth-order valence-corrected chi connectivity index (χ4v) is 2.04. The predicted molar refractivity (Wildman–Crippen MR) is 64.6 cm³/mol. The Bertz CT molecular complexity index is 516. The van der Waals surface area contributed by atoms with Crippen LogP contribution in [0.25, 0.3) is 10.8 Å². The van der Waals surface area contributed by atoms with Gasteiger partial charge >= 0.3 is 0 Å². The zero-order chi connectivity index (χ0) is 11.7. The molecule has 1 N–H and O–H groups in total. The molecule has 1 fully saturated rings. The standard InChI is InChI=1S/C14H14O3/c15-13-8-16-14(17-9-13)12-6-5-10-3-1-2-4-11(10)7-12/h1-7,13-15H,8-9H2. The van der Waals surface area contributed by atoms with Crippen molar-refractivity contribution in [2.24, 2.45) is 0 Å². The molecule has 2 aromatic rings. The molecule has 2 aromatic carbocycles. The Morgan fingerprint density at radius 1 is 0.941 bits per heavy atom. The molecule has 1 aliphatic heterocycles. The highest BCUT2D eigenvalue weighted by Gasteiger charge is 2.21. The average molecular weight is 230 g/mol. The number of hydrogen-bond acceptors (Lipinski definition) is 3. The van der Waals surface area contributed by atoms with Gasteiger partial charge in [0.1, 0.15) is 6.10 Å². The van der Waals surface area contributed by atoms with Gasteiger partial charge < -0.3 is 14.6 Å². The predicted octanol–water partition coefficient (Wildman–Crippen LogP) is 2.25. The highest BCUT2D eigenvalue weighted by atomic mass is 16.7. The first-order valence-corrected chi connectivity index (χ1v) is 5.73. The number of fused-ring (bicyclic) bond motifs is 1. The lowest BCUT2D eigenvalue weighted by atomic mass is 10.1. The van der Waals surface area contributed by atoms with Crippen molar-refractivity contribution in [2.45, 2.75) is 12.4 Å². The number of hydrogen-bond donors (Lipinski definition) is 1. The lowest BCUT2D eigenvalue weighted by Gasteiger charge is -2.27. The van der Waals surface area contributed by atoms with Crippen molar-refractivity contribution in [1.29, 1.82) is 0 Å². The van der Waals surface area contributed by atoms with Crippen LogP contribution in [0.15, 0.2) is 42.5 Å². The van der Waals surface area contributed by atoms with E-state index in [0.29, 0.717) is 13.2 Å². The van der Waals surface area contributed by atoms with Crippen molar-refractivity contribution >= 4 is 10.8 Å². The van der Waals surface area contributed by atoms with Crippen LogP contribution in [0, 0.1) is 0 Å². The Morgan fingerprint density at radius 3 is 2.41 bits per heavy atom. The Hall–Kier alpha value is -1.42. The van der Waals surface area contributed by atoms with Crippen molar-refractivity contribution in [3.8, 4) is 0 Å². The quantitative estimate of drug-likeness (QED) is 0.816. The molecule has 0 saturated carbocycles. The number of aliphatic hydroxyl groups is 1. The smallest absolute Gasteiger partial charge is 0.184 e. The van der Waals surface area contributed by atoms with Crippen LogP contribution < -0.4 is 0 Å². The van der Waals surface area contributed by atoms with Gasteiger partial charge in [0.25, 0.3) is 0 Å². The minimum Gasteiger partial charge on any atom is -0.388 e. The van der Waals surface area contributed by atoms with E-state index >= 15 is 0 Å². The van der Waals surface area contributed by atoms with Gasteiger partial charge in [0, 0.05) is 5.56 Å². The normalized spacial score (nSPS) is 25.0. The summed E-state index contributed by atoms with van der Waals surface area (Å²) in [6, 6.07) is 14.3. The summed E-state index contributed by atoms with van der Waals surface area (Å²) in [5, 5.41) is 11.7. The SMILES string of the molecule is OC1COC(c2ccc3ccccc3c2)OC1. The molecule has 0 atom stereocenters. The van der Waals surface area contributed by atoms with E-state index in [1.54, 1.807) is 0 Å². The molecule has 0 spiro atoms. The summed E-state index contributed by atoms with van der Waals surface area (Å²) >= 11 is 0. The summed E-state index contributed by atoms with van der Waals surface area (Å²) < 4.78 is 10.9. The molecule has 88 valence electrons. The molecule has 1 saturated heterocycles. The molecule has 1 aliphatic rings. The summed E-state index contributed by atoms with van der Waals surface area (Å²) in [5.41, 5.74) is 0.996. The molecule has 0 aliphatic carbocycles. The van der Waals surface area contributed by atoms with Crippen molar-refractivity contribution < 1.29 is 14.6 Å². The van der Waals surface area contributed by atoms with Crippen LogP contribution in [0.3, 0.4) is 0 Å². The Labute approximate surface area is 99.6 Å². The van der Waals surface area contributed by atoms with Gasteiger partial charge in [-0.05, 0) is 16.8 Å². The molecule has 17 heavy (non-hydrogen) atoms. The van der Waals surface area contributed by atoms with Crippen LogP contribution in [0.2, 0.25) is 0 Å². The lowest BCUT2D eigenvalue weighted by molar-refractivity contribution is -0.220. The van der Waals surface area contributed by atoms with Gasteiger partial charge in [0.15, 0.2) is 6.29 Å². The summed E-state index contributed by atoms with van der Waals surface area (Å²) in [6.45, 7) is 0.662. The van der Waals surface area contributed by atoms with Crippen LogP contribution in [0.5, 0.6) is 0 Å². The lowest BCUT2D eigenvalue weighted by Crippen LogP contribution is -2.30. The van der Waals surface area contributed by atoms with Gasteiger partial charge in [0.05, 0.1) is 13.2 Å². The molecule has 3 nitrogen and oxygen atoms in total. The first-order valence-electron chi connectivity index (χ1n) is 5.73. The molecule has 0 bridgehead atoms. The summed E-state index contributed by atoms with van der Waals surface area (Å²) in [6.07, 6.45) is -0.866. The van der Waals surface area contributed by atoms with Gasteiger partial charge in [-0.2, -0.15) is 0 Å². The van der Waals surface area contributed by atoms with Crippen molar-refractivity contribution in [3.05, 3.63) is 48.0 Å². The highest BCUT2D eigenvalue weighted by Crippen LogP contribution is 2.26. The van der Waals surface area contributed by atoms with Crippen LogP contribution in [-0.2, 0) is 9.47 Å². The van der Waals surface area contributed by atoms with Crippen LogP contribution in [0.4, 0.5) is 0 Å². The maximum absolute atomic E-state index is 9.30. The summed E-state index contributed by atoms with van der Waals surface area (Å²) in [7, 11) is 0. The Kier molecular flexibility index (Phi) is 2.81. The number of benzene rings is 2. The molecule has 3 rings (SSSR count). The maximum atomic E-state index is 9.30. The van der Waals surface area contributed by atoms with Gasteiger partial charge in [-0.15, -0.1) is 0 Å². The van der Waals surface area contributed by atoms with Gasteiger partial charge in [-0.3, -0.25) is 0 Å². The summed E-state index contributed by atoms with van der Waals surface area (Å²) in [5.74, 6) is 0. The summed E-state index contributed by atoms with van der Waals surface area (Å²) in [4.78, 5) is 0. The van der Waals surface area contributed by atoms with Crippen LogP contribution in [-0.4, -0.2) is 24.4 Å². The van der Waals surface area contributed by atoms with Crippen molar-refractivity contribution in [2.75, 3.05) is 13.2 Å². The first-order chi connectivity index (χ1) is 8.33. The average Bonchev–Trinajstić information content (AvgIpc) is 2.39. The minimum atomic E-state index is -0.508. The molecule has 1 heterocycles. The molecule has 0 amide bonds. The third-order valence-electron chi connectivity index (χ3n) is 2.93. The van der Waals surface area contributed by atoms with Crippen LogP contribution >= 0.6 is 0 Å². The van der Waals surface area contributed by atoms with Gasteiger partial charge in [-0.1, -0.05) is 36.4 Å². The molecular weight excluding hydrogens is 216 g/mol. The number of rotatable bonds is 1. The Balaban J connectivity index is 1.90. The zero-order valence-electron chi connectivity index (χ0n) is 9.37. The number of aliphatic hydroxyl groups excluding tert-OH is 1. The monoisotopic (exact) mass is 230 g/mol. The first kappa shape index (κ1) is 10.7. The molecule has 0 radical (unpaired) electrons.